The van der Waals surface area contributed by atoms with Gasteiger partial charge in [-0.05, 0) is 12.8 Å². The molecule has 7 heteroatoms. The zero-order chi connectivity index (χ0) is 13.3. The van der Waals surface area contributed by atoms with Crippen molar-refractivity contribution in [1.29, 1.82) is 0 Å². The third-order valence-electron chi connectivity index (χ3n) is 2.86. The minimum absolute atomic E-state index is 0.163. The Bertz CT molecular complexity index is 423. The van der Waals surface area contributed by atoms with Crippen LogP contribution >= 0.6 is 0 Å². The summed E-state index contributed by atoms with van der Waals surface area (Å²) < 4.78 is 58.1. The number of nitrogens with zero attached hydrogens (tertiary/aromatic N) is 2. The van der Waals surface area contributed by atoms with Gasteiger partial charge < -0.3 is 9.64 Å². The lowest BCUT2D eigenvalue weighted by molar-refractivity contribution is 0.116. The second-order valence-electron chi connectivity index (χ2n) is 4.19. The van der Waals surface area contributed by atoms with Crippen LogP contribution in [0.2, 0.25) is 0 Å². The molecule has 1 aliphatic heterocycles. The summed E-state index contributed by atoms with van der Waals surface area (Å²) >= 11 is 0. The summed E-state index contributed by atoms with van der Waals surface area (Å²) in [7, 11) is 1.35. The number of anilines is 1. The molecule has 0 bridgehead atoms. The van der Waals surface area contributed by atoms with E-state index in [4.69, 9.17) is 4.74 Å². The second kappa shape index (κ2) is 5.09. The monoisotopic (exact) mass is 264 g/mol. The zero-order valence-electron chi connectivity index (χ0n) is 9.72. The van der Waals surface area contributed by atoms with Gasteiger partial charge in [0.05, 0.1) is 6.10 Å². The van der Waals surface area contributed by atoms with Crippen LogP contribution in [-0.4, -0.2) is 31.3 Å². The molecule has 1 fully saturated rings. The van der Waals surface area contributed by atoms with Crippen molar-refractivity contribution < 1.29 is 22.3 Å². The van der Waals surface area contributed by atoms with E-state index in [1.807, 2.05) is 0 Å². The lowest BCUT2D eigenvalue weighted by atomic mass is 10.2. The van der Waals surface area contributed by atoms with Crippen molar-refractivity contribution >= 4 is 5.69 Å². The van der Waals surface area contributed by atoms with Gasteiger partial charge in [0.2, 0.25) is 11.6 Å². The summed E-state index contributed by atoms with van der Waals surface area (Å²) in [4.78, 5) is 3.61. The van der Waals surface area contributed by atoms with Crippen LogP contribution in [0.3, 0.4) is 0 Å². The van der Waals surface area contributed by atoms with Gasteiger partial charge in [0.1, 0.15) is 5.69 Å². The van der Waals surface area contributed by atoms with Gasteiger partial charge in [-0.25, -0.2) is 0 Å². The first-order valence-electron chi connectivity index (χ1n) is 5.53. The molecule has 3 nitrogen and oxygen atoms in total. The highest BCUT2D eigenvalue weighted by Crippen LogP contribution is 2.26. The molecule has 1 unspecified atom stereocenters. The van der Waals surface area contributed by atoms with Crippen molar-refractivity contribution in [3.05, 3.63) is 23.5 Å². The van der Waals surface area contributed by atoms with E-state index in [0.717, 1.165) is 17.7 Å². The smallest absolute Gasteiger partial charge is 0.253 e. The molecule has 1 atom stereocenters. The van der Waals surface area contributed by atoms with Gasteiger partial charge in [0.25, 0.3) is 11.9 Å². The summed E-state index contributed by atoms with van der Waals surface area (Å²) in [5, 5.41) is 0. The summed E-state index contributed by atoms with van der Waals surface area (Å²) in [5.41, 5.74) is -0.754. The topological polar surface area (TPSA) is 25.4 Å². The summed E-state index contributed by atoms with van der Waals surface area (Å²) in [5.74, 6) is -6.28. The fourth-order valence-corrected chi connectivity index (χ4v) is 2.00. The van der Waals surface area contributed by atoms with Crippen molar-refractivity contribution in [2.45, 2.75) is 18.9 Å². The largest absolute Gasteiger partial charge is 0.376 e. The van der Waals surface area contributed by atoms with Gasteiger partial charge in [-0.15, -0.1) is 0 Å². The van der Waals surface area contributed by atoms with Gasteiger partial charge in [-0.2, -0.15) is 22.5 Å². The Morgan fingerprint density at radius 3 is 2.33 bits per heavy atom. The van der Waals surface area contributed by atoms with Crippen LogP contribution in [0.25, 0.3) is 0 Å². The number of halogens is 4. The van der Waals surface area contributed by atoms with E-state index in [2.05, 4.69) is 4.98 Å². The van der Waals surface area contributed by atoms with Crippen molar-refractivity contribution in [2.24, 2.45) is 0 Å². The first kappa shape index (κ1) is 13.1. The minimum atomic E-state index is -1.65. The molecular weight excluding hydrogens is 252 g/mol. The van der Waals surface area contributed by atoms with E-state index in [0.29, 0.717) is 6.61 Å². The van der Waals surface area contributed by atoms with E-state index in [9.17, 15) is 17.6 Å². The highest BCUT2D eigenvalue weighted by molar-refractivity contribution is 5.47. The van der Waals surface area contributed by atoms with Crippen molar-refractivity contribution in [1.82, 2.24) is 4.98 Å². The summed E-state index contributed by atoms with van der Waals surface area (Å²) in [6.45, 7) is 0.749. The van der Waals surface area contributed by atoms with Gasteiger partial charge in [-0.3, -0.25) is 0 Å². The quantitative estimate of drug-likeness (QED) is 0.618. The number of likely N-dealkylation sites (N-methyl/N-ethyl adjacent to an activating group) is 1. The summed E-state index contributed by atoms with van der Waals surface area (Å²) in [6, 6.07) is 0. The van der Waals surface area contributed by atoms with E-state index in [-0.39, 0.29) is 12.6 Å². The van der Waals surface area contributed by atoms with Crippen molar-refractivity contribution in [3.63, 3.8) is 0 Å². The summed E-state index contributed by atoms with van der Waals surface area (Å²) in [6.07, 6.45) is 1.43. The molecule has 0 spiro atoms. The lowest BCUT2D eigenvalue weighted by Gasteiger charge is -2.23. The Kier molecular flexibility index (Phi) is 3.70. The van der Waals surface area contributed by atoms with Crippen molar-refractivity contribution in [3.8, 4) is 0 Å². The molecule has 0 radical (unpaired) electrons. The van der Waals surface area contributed by atoms with Crippen LogP contribution in [0.4, 0.5) is 23.2 Å². The second-order valence-corrected chi connectivity index (χ2v) is 4.19. The number of ether oxygens (including phenoxy) is 1. The standard InChI is InChI=1S/C11H12F4N2O/c1-17(5-6-3-2-4-18-6)9-7(12)10(14)16-11(15)8(9)13/h6H,2-5H2,1H3. The third kappa shape index (κ3) is 2.40. The number of aromatic nitrogens is 1. The lowest BCUT2D eigenvalue weighted by Crippen LogP contribution is -2.30. The predicted molar refractivity (Wildman–Crippen MR) is 56.3 cm³/mol. The van der Waals surface area contributed by atoms with E-state index >= 15 is 0 Å². The molecule has 1 aromatic heterocycles. The number of pyridine rings is 1. The Balaban J connectivity index is 2.25. The molecule has 0 saturated carbocycles. The van der Waals surface area contributed by atoms with Crippen LogP contribution in [0.5, 0.6) is 0 Å². The average molecular weight is 264 g/mol. The molecule has 0 amide bonds. The fourth-order valence-electron chi connectivity index (χ4n) is 2.00. The first-order chi connectivity index (χ1) is 8.50. The van der Waals surface area contributed by atoms with Crippen LogP contribution in [0, 0.1) is 23.5 Å². The average Bonchev–Trinajstić information content (AvgIpc) is 2.79. The number of hydrogen-bond acceptors (Lipinski definition) is 3. The number of hydrogen-bond donors (Lipinski definition) is 0. The minimum Gasteiger partial charge on any atom is -0.376 e. The van der Waals surface area contributed by atoms with Crippen LogP contribution in [-0.2, 0) is 4.74 Å². The molecule has 0 aliphatic carbocycles. The highest BCUT2D eigenvalue weighted by Gasteiger charge is 2.26. The molecule has 18 heavy (non-hydrogen) atoms. The molecule has 0 aromatic carbocycles. The third-order valence-corrected chi connectivity index (χ3v) is 2.86. The van der Waals surface area contributed by atoms with Gasteiger partial charge in [0.15, 0.2) is 0 Å². The first-order valence-corrected chi connectivity index (χ1v) is 5.53. The predicted octanol–water partition coefficient (Wildman–Crippen LogP) is 2.25. The Morgan fingerprint density at radius 1 is 1.22 bits per heavy atom. The van der Waals surface area contributed by atoms with E-state index < -0.39 is 29.2 Å². The SMILES string of the molecule is CN(CC1CCCO1)c1c(F)c(F)nc(F)c1F. The maximum Gasteiger partial charge on any atom is 0.253 e. The van der Waals surface area contributed by atoms with Crippen LogP contribution < -0.4 is 4.90 Å². The molecule has 2 rings (SSSR count). The van der Waals surface area contributed by atoms with E-state index in [1.165, 1.54) is 7.05 Å². The van der Waals surface area contributed by atoms with E-state index in [1.54, 1.807) is 0 Å². The Morgan fingerprint density at radius 2 is 1.83 bits per heavy atom. The Labute approximate surface area is 101 Å². The van der Waals surface area contributed by atoms with Gasteiger partial charge >= 0.3 is 0 Å². The number of rotatable bonds is 3. The molecule has 0 N–H and O–H groups in total. The maximum atomic E-state index is 13.4. The molecule has 1 aromatic rings. The Hall–Kier alpha value is -1.37. The molecular formula is C11H12F4N2O. The fraction of sp³-hybridized carbons (Fsp3) is 0.545. The normalized spacial score (nSPS) is 19.3. The molecule has 2 heterocycles. The maximum absolute atomic E-state index is 13.4. The zero-order valence-corrected chi connectivity index (χ0v) is 9.72. The molecule has 1 saturated heterocycles. The molecule has 100 valence electrons. The van der Waals surface area contributed by atoms with Crippen LogP contribution in [0.15, 0.2) is 0 Å². The van der Waals surface area contributed by atoms with Gasteiger partial charge in [0, 0.05) is 20.2 Å². The van der Waals surface area contributed by atoms with Crippen molar-refractivity contribution in [2.75, 3.05) is 25.1 Å². The van der Waals surface area contributed by atoms with Crippen LogP contribution in [0.1, 0.15) is 12.8 Å². The molecule has 1 aliphatic rings. The van der Waals surface area contributed by atoms with Gasteiger partial charge in [-0.1, -0.05) is 0 Å². The highest BCUT2D eigenvalue weighted by atomic mass is 19.2.